The number of phenolic OH excluding ortho intramolecular Hbond substituents is 1. The lowest BCUT2D eigenvalue weighted by Crippen LogP contribution is -2.49. The topological polar surface area (TPSA) is 260 Å². The van der Waals surface area contributed by atoms with Crippen LogP contribution in [0.15, 0.2) is 43.0 Å². The number of aliphatic carboxylic acids is 2. The predicted molar refractivity (Wildman–Crippen MR) is 265 cm³/mol. The highest BCUT2D eigenvalue weighted by atomic mass is 35.5. The number of hydrogen-bond acceptors (Lipinski definition) is 17. The Kier molecular flexibility index (Phi) is 24.0. The van der Waals surface area contributed by atoms with Gasteiger partial charge in [0.2, 0.25) is 11.8 Å². The van der Waals surface area contributed by atoms with Gasteiger partial charge in [0, 0.05) is 123 Å². The van der Waals surface area contributed by atoms with E-state index in [1.54, 1.807) is 32.9 Å². The van der Waals surface area contributed by atoms with Crippen molar-refractivity contribution in [3.8, 4) is 17.8 Å². The molecule has 2 fully saturated rings. The van der Waals surface area contributed by atoms with Gasteiger partial charge in [-0.1, -0.05) is 30.3 Å². The summed E-state index contributed by atoms with van der Waals surface area (Å²) in [5, 5.41) is 49.3. The fraction of sp³-hybridized carbons (Fsp3) is 0.542. The van der Waals surface area contributed by atoms with E-state index in [0.29, 0.717) is 129 Å². The molecule has 0 saturated carbocycles. The number of aldehydes is 1. The first-order chi connectivity index (χ1) is 33.8. The highest BCUT2D eigenvalue weighted by Crippen LogP contribution is 2.39. The van der Waals surface area contributed by atoms with Crippen LogP contribution in [0.5, 0.6) is 11.8 Å². The number of halogens is 1. The molecule has 3 aliphatic heterocycles. The van der Waals surface area contributed by atoms with Crippen LogP contribution < -0.4 is 19.9 Å². The Morgan fingerprint density at radius 2 is 1.43 bits per heavy atom. The number of carbonyl (C=O) groups is 5. The zero-order valence-corrected chi connectivity index (χ0v) is 41.1. The largest absolute Gasteiger partial charge is 0.508 e. The molecule has 0 radical (unpaired) electrons. The Morgan fingerprint density at radius 3 is 2.01 bits per heavy atom. The van der Waals surface area contributed by atoms with Gasteiger partial charge in [-0.2, -0.15) is 15.2 Å². The summed E-state index contributed by atoms with van der Waals surface area (Å²) >= 11 is 6.70. The van der Waals surface area contributed by atoms with Gasteiger partial charge in [0.25, 0.3) is 0 Å². The van der Waals surface area contributed by atoms with E-state index in [4.69, 9.17) is 36.7 Å². The molecule has 0 bridgehead atoms. The minimum atomic E-state index is -0.965. The molecule has 5 N–H and O–H groups in total. The monoisotopic (exact) mass is 993 g/mol. The predicted octanol–water partition coefficient (Wildman–Crippen LogP) is 1.78. The lowest BCUT2D eigenvalue weighted by molar-refractivity contribution is -0.139. The molecule has 382 valence electrons. The summed E-state index contributed by atoms with van der Waals surface area (Å²) in [7, 11) is 1.00. The SMILES string of the molecule is C=CC(=O)N1CCN(c2nc(OCCCCCNC(=O)CN3CCN(CC(=O)O)CCN(CC=O)CCN(CC(=O)O)CC3)nc3c2CCN(c2cc(O)cc4cccc(Cl)c24)C3)CC1.CC#N.CO. The van der Waals surface area contributed by atoms with Crippen molar-refractivity contribution >= 4 is 63.9 Å². The average molecular weight is 995 g/mol. The summed E-state index contributed by atoms with van der Waals surface area (Å²) in [4.78, 5) is 83.3. The van der Waals surface area contributed by atoms with E-state index in [1.165, 1.54) is 13.0 Å². The van der Waals surface area contributed by atoms with Gasteiger partial charge in [-0.05, 0) is 49.3 Å². The van der Waals surface area contributed by atoms with Gasteiger partial charge < -0.3 is 50.0 Å². The number of phenols is 1. The number of aromatic hydroxyl groups is 1. The lowest BCUT2D eigenvalue weighted by Gasteiger charge is -2.38. The molecule has 0 atom stereocenters. The average Bonchev–Trinajstić information content (AvgIpc) is 3.34. The van der Waals surface area contributed by atoms with Crippen molar-refractivity contribution in [3.05, 3.63) is 59.3 Å². The van der Waals surface area contributed by atoms with Crippen molar-refractivity contribution in [1.29, 1.82) is 5.26 Å². The summed E-state index contributed by atoms with van der Waals surface area (Å²) < 4.78 is 6.20. The van der Waals surface area contributed by atoms with Crippen molar-refractivity contribution in [2.45, 2.75) is 39.2 Å². The molecule has 4 heterocycles. The number of hydrogen-bond donors (Lipinski definition) is 5. The maximum absolute atomic E-state index is 13.2. The molecule has 22 heteroatoms. The molecule has 2 amide bonds. The van der Waals surface area contributed by atoms with Gasteiger partial charge in [0.05, 0.1) is 61.8 Å². The molecule has 2 saturated heterocycles. The number of piperazine rings is 1. The van der Waals surface area contributed by atoms with Gasteiger partial charge in [-0.25, -0.2) is 0 Å². The molecule has 3 aromatic rings. The number of nitrogens with zero attached hydrogens (tertiary/aromatic N) is 10. The molecule has 3 aliphatic rings. The van der Waals surface area contributed by atoms with Crippen LogP contribution in [0.1, 0.15) is 37.4 Å². The Bertz CT molecular complexity index is 2230. The fourth-order valence-corrected chi connectivity index (χ4v) is 8.84. The first kappa shape index (κ1) is 56.4. The van der Waals surface area contributed by atoms with Crippen molar-refractivity contribution in [2.24, 2.45) is 0 Å². The molecule has 0 aliphatic carbocycles. The van der Waals surface area contributed by atoms with E-state index in [0.717, 1.165) is 53.4 Å². The Hall–Kier alpha value is -6.15. The molecule has 70 heavy (non-hydrogen) atoms. The number of ether oxygens (including phenoxy) is 1. The number of benzene rings is 2. The summed E-state index contributed by atoms with van der Waals surface area (Å²) in [5.41, 5.74) is 2.65. The number of anilines is 2. The molecular formula is C48H68ClN11O10. The number of aromatic nitrogens is 2. The van der Waals surface area contributed by atoms with Gasteiger partial charge >= 0.3 is 17.9 Å². The van der Waals surface area contributed by atoms with E-state index >= 15 is 0 Å². The Labute approximate surface area is 414 Å². The van der Waals surface area contributed by atoms with E-state index in [9.17, 15) is 39.3 Å². The number of aliphatic hydroxyl groups excluding tert-OH is 1. The van der Waals surface area contributed by atoms with Gasteiger partial charge in [-0.3, -0.25) is 38.8 Å². The smallest absolute Gasteiger partial charge is 0.318 e. The molecule has 2 aromatic carbocycles. The third-order valence-electron chi connectivity index (χ3n) is 12.0. The zero-order valence-electron chi connectivity index (χ0n) is 40.3. The standard InChI is InChI=1S/C45H61ClN10O9.C2H3N.CH4O/c1-2-40(60)54-20-22-55(23-21-54)44-35-9-11-56(38-28-34(58)27-33-7-6-8-36(46)43(33)38)29-37(35)48-45(49-44)65-26-5-3-4-10-47-39(59)30-51-16-18-52(31-41(61)62)14-12-50(24-25-57)13-15-53(19-17-51)32-42(63)64;1-2-3;1-2/h2,6-8,25,27-28,58H,1,3-5,9-24,26,29-32H2,(H,47,59)(H,61,62)(H,63,64);1H3;2H,1H3. The van der Waals surface area contributed by atoms with Crippen molar-refractivity contribution in [1.82, 2.24) is 39.8 Å². The van der Waals surface area contributed by atoms with Crippen LogP contribution in [-0.2, 0) is 36.9 Å². The number of carboxylic acids is 2. The fourth-order valence-electron chi connectivity index (χ4n) is 8.56. The van der Waals surface area contributed by atoms with Crippen LogP contribution in [0.3, 0.4) is 0 Å². The highest BCUT2D eigenvalue weighted by molar-refractivity contribution is 6.36. The number of nitriles is 1. The van der Waals surface area contributed by atoms with Crippen LogP contribution in [0.2, 0.25) is 5.02 Å². The third kappa shape index (κ3) is 17.7. The lowest BCUT2D eigenvalue weighted by atomic mass is 10.0. The second-order valence-corrected chi connectivity index (χ2v) is 17.2. The van der Waals surface area contributed by atoms with E-state index in [1.807, 2.05) is 28.0 Å². The van der Waals surface area contributed by atoms with Crippen LogP contribution in [-0.4, -0.2) is 216 Å². The maximum atomic E-state index is 13.2. The minimum Gasteiger partial charge on any atom is -0.508 e. The highest BCUT2D eigenvalue weighted by Gasteiger charge is 2.30. The molecular weight excluding hydrogens is 926 g/mol. The van der Waals surface area contributed by atoms with Crippen LogP contribution in [0.4, 0.5) is 11.5 Å². The third-order valence-corrected chi connectivity index (χ3v) is 12.4. The number of aliphatic hydroxyl groups is 1. The number of carbonyl (C=O) groups excluding carboxylic acids is 3. The summed E-state index contributed by atoms with van der Waals surface area (Å²) in [6.45, 7) is 12.4. The number of fused-ring (bicyclic) bond motifs is 2. The van der Waals surface area contributed by atoms with Crippen LogP contribution in [0, 0.1) is 11.3 Å². The number of nitrogens with one attached hydrogen (secondary N) is 1. The van der Waals surface area contributed by atoms with E-state index in [-0.39, 0.29) is 49.8 Å². The van der Waals surface area contributed by atoms with Crippen molar-refractivity contribution in [2.75, 3.05) is 141 Å². The number of amides is 2. The summed E-state index contributed by atoms with van der Waals surface area (Å²) in [6.07, 6.45) is 4.92. The zero-order chi connectivity index (χ0) is 51.0. The van der Waals surface area contributed by atoms with E-state index in [2.05, 4.69) is 21.7 Å². The number of carboxylic acid groups (broad SMARTS) is 2. The van der Waals surface area contributed by atoms with Gasteiger partial charge in [0.1, 0.15) is 17.9 Å². The Morgan fingerprint density at radius 1 is 0.829 bits per heavy atom. The molecule has 0 unspecified atom stereocenters. The molecule has 1 aromatic heterocycles. The quantitative estimate of drug-likeness (QED) is 0.0691. The molecule has 0 spiro atoms. The molecule has 6 rings (SSSR count). The maximum Gasteiger partial charge on any atom is 0.318 e. The molecule has 21 nitrogen and oxygen atoms in total. The normalized spacial score (nSPS) is 16.4. The van der Waals surface area contributed by atoms with Gasteiger partial charge in [-0.15, -0.1) is 0 Å². The summed E-state index contributed by atoms with van der Waals surface area (Å²) in [5.74, 6) is -1.27. The number of unbranched alkanes of at least 4 members (excludes halogenated alkanes) is 2. The van der Waals surface area contributed by atoms with Gasteiger partial charge in [0.15, 0.2) is 0 Å². The minimum absolute atomic E-state index is 0.0753. The summed E-state index contributed by atoms with van der Waals surface area (Å²) in [6, 6.07) is 11.1. The van der Waals surface area contributed by atoms with Crippen LogP contribution in [0.25, 0.3) is 10.8 Å². The first-order valence-electron chi connectivity index (χ1n) is 23.5. The Balaban J connectivity index is 0.00000205. The second kappa shape index (κ2) is 29.8. The number of rotatable bonds is 18. The van der Waals surface area contributed by atoms with Crippen LogP contribution >= 0.6 is 11.6 Å². The van der Waals surface area contributed by atoms with E-state index < -0.39 is 11.9 Å². The van der Waals surface area contributed by atoms with Crippen molar-refractivity contribution < 1.29 is 49.1 Å². The van der Waals surface area contributed by atoms with Crippen molar-refractivity contribution in [3.63, 3.8) is 0 Å². The second-order valence-electron chi connectivity index (χ2n) is 16.8. The first-order valence-corrected chi connectivity index (χ1v) is 23.8.